The fourth-order valence-corrected chi connectivity index (χ4v) is 5.90. The Labute approximate surface area is 234 Å². The van der Waals surface area contributed by atoms with E-state index in [0.717, 1.165) is 79.3 Å². The Hall–Kier alpha value is -3.41. The van der Waals surface area contributed by atoms with E-state index in [2.05, 4.69) is 87.0 Å². The largest absolute Gasteiger partial charge is 0.298 e. The minimum absolute atomic E-state index is 0.308. The van der Waals surface area contributed by atoms with Gasteiger partial charge < -0.3 is 0 Å². The summed E-state index contributed by atoms with van der Waals surface area (Å²) in [7, 11) is 1.97. The number of hydrogen-bond donors (Lipinski definition) is 0. The first kappa shape index (κ1) is 30.1. The van der Waals surface area contributed by atoms with Crippen molar-refractivity contribution in [2.45, 2.75) is 73.1 Å². The fraction of sp³-hybridized carbons (Fsp3) is 0.500. The molecule has 0 radical (unpaired) electrons. The molecule has 1 saturated heterocycles. The average molecular weight is 528 g/mol. The van der Waals surface area contributed by atoms with E-state index in [1.807, 2.05) is 18.7 Å². The summed E-state index contributed by atoms with van der Waals surface area (Å²) in [6.07, 6.45) is 4.11. The molecular formula is C32H45N7. The smallest absolute Gasteiger partial charge is 0.0909 e. The third-order valence-electron chi connectivity index (χ3n) is 7.55. The molecule has 208 valence electrons. The molecule has 3 rings (SSSR count). The molecule has 0 saturated carbocycles. The third-order valence-corrected chi connectivity index (χ3v) is 7.55. The Kier molecular flexibility index (Phi) is 10.5. The number of aliphatic imine (C=N–C) groups is 1. The molecule has 1 aliphatic rings. The van der Waals surface area contributed by atoms with Crippen LogP contribution in [0.1, 0.15) is 94.8 Å². The lowest BCUT2D eigenvalue weighted by Crippen LogP contribution is -2.36. The molecule has 0 bridgehead atoms. The normalized spacial score (nSPS) is 15.7. The second-order valence-electron chi connectivity index (χ2n) is 11.1. The van der Waals surface area contributed by atoms with Gasteiger partial charge in [0.2, 0.25) is 0 Å². The zero-order valence-electron chi connectivity index (χ0n) is 25.0. The molecule has 0 spiro atoms. The molecule has 0 aliphatic carbocycles. The maximum atomic E-state index is 9.03. The molecule has 1 fully saturated rings. The van der Waals surface area contributed by atoms with Crippen LogP contribution in [0.2, 0.25) is 0 Å². The van der Waals surface area contributed by atoms with E-state index in [1.165, 1.54) is 16.7 Å². The predicted octanol–water partition coefficient (Wildman–Crippen LogP) is 8.41. The first-order valence-corrected chi connectivity index (χ1v) is 14.1. The van der Waals surface area contributed by atoms with Gasteiger partial charge in [0.25, 0.3) is 0 Å². The number of rotatable bonds is 11. The van der Waals surface area contributed by atoms with E-state index in [4.69, 9.17) is 15.6 Å². The highest BCUT2D eigenvalue weighted by Gasteiger charge is 2.25. The number of hydrogen-bond acceptors (Lipinski definition) is 4. The van der Waals surface area contributed by atoms with Crippen LogP contribution in [0.4, 0.5) is 0 Å². The Morgan fingerprint density at radius 3 is 2.44 bits per heavy atom. The van der Waals surface area contributed by atoms with Crippen LogP contribution >= 0.6 is 0 Å². The zero-order chi connectivity index (χ0) is 28.7. The Balaban J connectivity index is 1.75. The fourth-order valence-electron chi connectivity index (χ4n) is 5.90. The van der Waals surface area contributed by atoms with Crippen LogP contribution in [0.3, 0.4) is 0 Å². The summed E-state index contributed by atoms with van der Waals surface area (Å²) in [6, 6.07) is 8.59. The first-order chi connectivity index (χ1) is 18.6. The standard InChI is InChI=1S/C32H45N7/c1-10-12-27-13-11-14-28(32(27)25(8)35-37-33)26-15-17-39(18-16-26)20-23(6)34-24(7)31(22(4)5)29-19-30(21(2)3)38(9)36-29/h11,13-14,19,22,26H,2,8,10,12,15-18,20H2,1,3-7,9H3/b31-24+,34-23?. The van der Waals surface area contributed by atoms with Crippen molar-refractivity contribution in [3.63, 3.8) is 0 Å². The molecule has 0 atom stereocenters. The Bertz CT molecular complexity index is 1310. The number of allylic oxidation sites excluding steroid dienone is 3. The van der Waals surface area contributed by atoms with Crippen LogP contribution in [0.25, 0.3) is 27.3 Å². The highest BCUT2D eigenvalue weighted by molar-refractivity contribution is 5.86. The average Bonchev–Trinajstić information content (AvgIpc) is 3.25. The SMILES string of the molecule is C=C(N=[N+]=[N-])c1c(CCC)cccc1C1CCN(CC(C)=N/C(C)=C(/c2cc(C(=C)C)n(C)n2)C(C)C)CC1. The maximum Gasteiger partial charge on any atom is 0.0909 e. The molecule has 1 aromatic carbocycles. The van der Waals surface area contributed by atoms with Crippen LogP contribution in [0.5, 0.6) is 0 Å². The van der Waals surface area contributed by atoms with Gasteiger partial charge in [0.15, 0.2) is 0 Å². The summed E-state index contributed by atoms with van der Waals surface area (Å²) < 4.78 is 1.90. The molecule has 2 heterocycles. The summed E-state index contributed by atoms with van der Waals surface area (Å²) in [5, 5.41) is 8.65. The number of benzene rings is 1. The zero-order valence-corrected chi connectivity index (χ0v) is 25.0. The quantitative estimate of drug-likeness (QED) is 0.127. The lowest BCUT2D eigenvalue weighted by Gasteiger charge is -2.33. The van der Waals surface area contributed by atoms with Gasteiger partial charge in [-0.3, -0.25) is 14.6 Å². The number of piperidine rings is 1. The van der Waals surface area contributed by atoms with Crippen LogP contribution in [-0.4, -0.2) is 40.0 Å². The van der Waals surface area contributed by atoms with Crippen molar-refractivity contribution in [2.75, 3.05) is 19.6 Å². The van der Waals surface area contributed by atoms with E-state index in [1.54, 1.807) is 0 Å². The summed E-state index contributed by atoms with van der Waals surface area (Å²) >= 11 is 0. The van der Waals surface area contributed by atoms with Crippen LogP contribution < -0.4 is 0 Å². The van der Waals surface area contributed by atoms with Gasteiger partial charge in [-0.05, 0) is 98.8 Å². The molecule has 2 aromatic rings. The van der Waals surface area contributed by atoms with E-state index >= 15 is 0 Å². The Morgan fingerprint density at radius 2 is 1.87 bits per heavy atom. The summed E-state index contributed by atoms with van der Waals surface area (Å²) in [5.41, 5.74) is 19.5. The van der Waals surface area contributed by atoms with Crippen molar-refractivity contribution in [2.24, 2.45) is 23.1 Å². The van der Waals surface area contributed by atoms with Gasteiger partial charge >= 0.3 is 0 Å². The lowest BCUT2D eigenvalue weighted by molar-refractivity contribution is 0.238. The van der Waals surface area contributed by atoms with Crippen LogP contribution in [-0.2, 0) is 13.5 Å². The van der Waals surface area contributed by atoms with Gasteiger partial charge in [0.05, 0.1) is 11.4 Å². The van der Waals surface area contributed by atoms with Gasteiger partial charge in [-0.2, -0.15) is 5.10 Å². The van der Waals surface area contributed by atoms with E-state index in [9.17, 15) is 0 Å². The van der Waals surface area contributed by atoms with Crippen molar-refractivity contribution >= 4 is 22.6 Å². The van der Waals surface area contributed by atoms with Crippen LogP contribution in [0, 0.1) is 5.92 Å². The highest BCUT2D eigenvalue weighted by Crippen LogP contribution is 2.36. The minimum Gasteiger partial charge on any atom is -0.298 e. The number of azide groups is 1. The van der Waals surface area contributed by atoms with Crippen LogP contribution in [0.15, 0.2) is 53.2 Å². The number of likely N-dealkylation sites (tertiary alicyclic amines) is 1. The van der Waals surface area contributed by atoms with E-state index in [-0.39, 0.29) is 0 Å². The van der Waals surface area contributed by atoms with Gasteiger partial charge in [-0.15, -0.1) is 0 Å². The molecule has 7 heteroatoms. The monoisotopic (exact) mass is 527 g/mol. The third kappa shape index (κ3) is 7.37. The highest BCUT2D eigenvalue weighted by atomic mass is 15.3. The summed E-state index contributed by atoms with van der Waals surface area (Å²) in [6.45, 7) is 23.9. The van der Waals surface area contributed by atoms with Crippen molar-refractivity contribution in [3.8, 4) is 0 Å². The molecule has 1 aliphatic heterocycles. The van der Waals surface area contributed by atoms with Gasteiger partial charge in [-0.1, -0.05) is 63.7 Å². The predicted molar refractivity (Wildman–Crippen MR) is 165 cm³/mol. The second-order valence-corrected chi connectivity index (χ2v) is 11.1. The molecule has 39 heavy (non-hydrogen) atoms. The van der Waals surface area contributed by atoms with Gasteiger partial charge in [0.1, 0.15) is 0 Å². The van der Waals surface area contributed by atoms with Crippen molar-refractivity contribution in [1.82, 2.24) is 14.7 Å². The number of nitrogens with zero attached hydrogens (tertiary/aromatic N) is 7. The number of aryl methyl sites for hydroxylation is 2. The van der Waals surface area contributed by atoms with E-state index < -0.39 is 0 Å². The molecular weight excluding hydrogens is 482 g/mol. The summed E-state index contributed by atoms with van der Waals surface area (Å²) in [4.78, 5) is 10.6. The first-order valence-electron chi connectivity index (χ1n) is 14.1. The molecule has 1 aromatic heterocycles. The van der Waals surface area contributed by atoms with Crippen molar-refractivity contribution in [1.29, 1.82) is 0 Å². The number of aromatic nitrogens is 2. The topological polar surface area (TPSA) is 82.2 Å². The maximum absolute atomic E-state index is 9.03. The molecule has 7 nitrogen and oxygen atoms in total. The minimum atomic E-state index is 0.308. The van der Waals surface area contributed by atoms with Crippen molar-refractivity contribution < 1.29 is 0 Å². The van der Waals surface area contributed by atoms with E-state index in [0.29, 0.717) is 17.5 Å². The van der Waals surface area contributed by atoms with Gasteiger partial charge in [0, 0.05) is 41.2 Å². The molecule has 0 amide bonds. The molecule has 0 N–H and O–H groups in total. The molecule has 0 unspecified atom stereocenters. The van der Waals surface area contributed by atoms with Crippen molar-refractivity contribution in [3.05, 3.63) is 81.6 Å². The van der Waals surface area contributed by atoms with Gasteiger partial charge in [-0.25, -0.2) is 0 Å². The Morgan fingerprint density at radius 1 is 1.18 bits per heavy atom. The summed E-state index contributed by atoms with van der Waals surface area (Å²) in [5.74, 6) is 0.736. The second kappa shape index (κ2) is 13.6. The lowest BCUT2D eigenvalue weighted by atomic mass is 9.83.